The Balaban J connectivity index is 2.59. The lowest BCUT2D eigenvalue weighted by molar-refractivity contribution is -0.143. The van der Waals surface area contributed by atoms with Gasteiger partial charge in [-0.2, -0.15) is 5.10 Å². The molecule has 0 unspecified atom stereocenters. The number of ether oxygens (including phenoxy) is 1. The average molecular weight is 267 g/mol. The highest BCUT2D eigenvalue weighted by Crippen LogP contribution is 2.16. The summed E-state index contributed by atoms with van der Waals surface area (Å²) in [5.41, 5.74) is 1.31. The van der Waals surface area contributed by atoms with Crippen LogP contribution in [0, 0.1) is 0 Å². The Morgan fingerprint density at radius 3 is 2.68 bits per heavy atom. The molecule has 2 N–H and O–H groups in total. The number of rotatable bonds is 6. The second kappa shape index (κ2) is 6.92. The van der Waals surface area contributed by atoms with E-state index >= 15 is 0 Å². The van der Waals surface area contributed by atoms with E-state index in [1.54, 1.807) is 13.8 Å². The normalized spacial score (nSPS) is 12.3. The Hall–Kier alpha value is -1.85. The zero-order valence-corrected chi connectivity index (χ0v) is 11.8. The molecule has 0 radical (unpaired) electrons. The molecule has 0 bridgehead atoms. The molecular formula is C13H21N3O3. The molecule has 0 aliphatic rings. The third kappa shape index (κ3) is 4.39. The molecule has 1 rings (SSSR count). The Kier molecular flexibility index (Phi) is 5.54. The molecule has 0 aromatic carbocycles. The summed E-state index contributed by atoms with van der Waals surface area (Å²) in [6.07, 6.45) is 1.66. The average Bonchev–Trinajstić information content (AvgIpc) is 2.77. The van der Waals surface area contributed by atoms with Crippen LogP contribution in [0.25, 0.3) is 0 Å². The smallest absolute Gasteiger partial charge is 0.307 e. The van der Waals surface area contributed by atoms with Crippen molar-refractivity contribution in [2.75, 3.05) is 6.61 Å². The van der Waals surface area contributed by atoms with E-state index in [9.17, 15) is 9.59 Å². The van der Waals surface area contributed by atoms with Crippen molar-refractivity contribution < 1.29 is 14.3 Å². The fraction of sp³-hybridized carbons (Fsp3) is 0.615. The summed E-state index contributed by atoms with van der Waals surface area (Å²) in [7, 11) is 0. The number of carbonyl (C=O) groups is 2. The van der Waals surface area contributed by atoms with Gasteiger partial charge in [0.05, 0.1) is 30.5 Å². The highest BCUT2D eigenvalue weighted by Gasteiger charge is 2.19. The van der Waals surface area contributed by atoms with Crippen molar-refractivity contribution in [1.82, 2.24) is 15.5 Å². The van der Waals surface area contributed by atoms with Crippen LogP contribution in [0.4, 0.5) is 0 Å². The van der Waals surface area contributed by atoms with Crippen LogP contribution in [0.2, 0.25) is 0 Å². The van der Waals surface area contributed by atoms with E-state index in [1.807, 2.05) is 13.8 Å². The molecule has 0 saturated heterocycles. The standard InChI is InChI=1S/C13H21N3O3/c1-5-19-11(17)6-9(4)15-13(18)10-7-14-16-12(10)8(2)3/h7-9H,5-6H2,1-4H3,(H,14,16)(H,15,18)/t9-/m0/s1. The van der Waals surface area contributed by atoms with Gasteiger partial charge in [-0.05, 0) is 19.8 Å². The summed E-state index contributed by atoms with van der Waals surface area (Å²) in [5, 5.41) is 9.47. The summed E-state index contributed by atoms with van der Waals surface area (Å²) in [5.74, 6) is -0.357. The number of nitrogens with one attached hydrogen (secondary N) is 2. The Labute approximate surface area is 112 Å². The van der Waals surface area contributed by atoms with Crippen molar-refractivity contribution in [2.45, 2.75) is 46.1 Å². The lowest BCUT2D eigenvalue weighted by atomic mass is 10.1. The molecule has 6 nitrogen and oxygen atoms in total. The van der Waals surface area contributed by atoms with Gasteiger partial charge < -0.3 is 10.1 Å². The van der Waals surface area contributed by atoms with Crippen LogP contribution in [0.5, 0.6) is 0 Å². The molecule has 0 spiro atoms. The number of aromatic nitrogens is 2. The molecule has 1 heterocycles. The summed E-state index contributed by atoms with van der Waals surface area (Å²) in [4.78, 5) is 23.4. The van der Waals surface area contributed by atoms with Crippen molar-refractivity contribution in [3.63, 3.8) is 0 Å². The monoisotopic (exact) mass is 267 g/mol. The van der Waals surface area contributed by atoms with Gasteiger partial charge in [0, 0.05) is 6.04 Å². The largest absolute Gasteiger partial charge is 0.466 e. The summed E-state index contributed by atoms with van der Waals surface area (Å²) < 4.78 is 4.84. The Bertz CT molecular complexity index is 440. The number of nitrogens with zero attached hydrogens (tertiary/aromatic N) is 1. The van der Waals surface area contributed by atoms with E-state index in [1.165, 1.54) is 6.20 Å². The van der Waals surface area contributed by atoms with E-state index in [-0.39, 0.29) is 30.3 Å². The van der Waals surface area contributed by atoms with E-state index in [2.05, 4.69) is 15.5 Å². The van der Waals surface area contributed by atoms with Crippen LogP contribution in [0.1, 0.15) is 56.1 Å². The summed E-state index contributed by atoms with van der Waals surface area (Å²) in [6.45, 7) is 7.82. The first-order valence-corrected chi connectivity index (χ1v) is 6.45. The highest BCUT2D eigenvalue weighted by atomic mass is 16.5. The zero-order chi connectivity index (χ0) is 14.4. The van der Waals surface area contributed by atoms with Crippen molar-refractivity contribution in [2.24, 2.45) is 0 Å². The van der Waals surface area contributed by atoms with Crippen LogP contribution in [0.3, 0.4) is 0 Å². The molecule has 19 heavy (non-hydrogen) atoms. The molecule has 0 fully saturated rings. The summed E-state index contributed by atoms with van der Waals surface area (Å²) in [6, 6.07) is -0.276. The van der Waals surface area contributed by atoms with E-state index < -0.39 is 0 Å². The van der Waals surface area contributed by atoms with Gasteiger partial charge in [0.1, 0.15) is 0 Å². The number of hydrogen-bond acceptors (Lipinski definition) is 4. The minimum Gasteiger partial charge on any atom is -0.466 e. The molecule has 6 heteroatoms. The quantitative estimate of drug-likeness (QED) is 0.767. The Morgan fingerprint density at radius 2 is 2.11 bits per heavy atom. The zero-order valence-electron chi connectivity index (χ0n) is 11.8. The highest BCUT2D eigenvalue weighted by molar-refractivity contribution is 5.95. The lowest BCUT2D eigenvalue weighted by Crippen LogP contribution is -2.35. The molecule has 0 saturated carbocycles. The van der Waals surface area contributed by atoms with Crippen molar-refractivity contribution >= 4 is 11.9 Å². The minimum atomic E-state index is -0.313. The number of H-pyrrole nitrogens is 1. The first kappa shape index (κ1) is 15.2. The molecule has 1 aromatic rings. The number of esters is 1. The van der Waals surface area contributed by atoms with E-state index in [0.717, 1.165) is 5.69 Å². The third-order valence-corrected chi connectivity index (χ3v) is 2.65. The fourth-order valence-electron chi connectivity index (χ4n) is 1.74. The van der Waals surface area contributed by atoms with Gasteiger partial charge in [0.2, 0.25) is 0 Å². The molecule has 0 aliphatic heterocycles. The summed E-state index contributed by atoms with van der Waals surface area (Å²) >= 11 is 0. The maximum Gasteiger partial charge on any atom is 0.307 e. The van der Waals surface area contributed by atoms with Gasteiger partial charge in [-0.15, -0.1) is 0 Å². The van der Waals surface area contributed by atoms with Crippen molar-refractivity contribution in [1.29, 1.82) is 0 Å². The SMILES string of the molecule is CCOC(=O)C[C@H](C)NC(=O)c1cn[nH]c1C(C)C. The van der Waals surface area contributed by atoms with E-state index in [4.69, 9.17) is 4.74 Å². The van der Waals surface area contributed by atoms with E-state index in [0.29, 0.717) is 12.2 Å². The maximum atomic E-state index is 12.1. The van der Waals surface area contributed by atoms with Gasteiger partial charge >= 0.3 is 5.97 Å². The third-order valence-electron chi connectivity index (χ3n) is 2.65. The molecular weight excluding hydrogens is 246 g/mol. The van der Waals surface area contributed by atoms with Gasteiger partial charge in [-0.3, -0.25) is 14.7 Å². The first-order chi connectivity index (χ1) is 8.95. The van der Waals surface area contributed by atoms with Crippen molar-refractivity contribution in [3.05, 3.63) is 17.5 Å². The van der Waals surface area contributed by atoms with Crippen LogP contribution >= 0.6 is 0 Å². The molecule has 106 valence electrons. The molecule has 1 aromatic heterocycles. The lowest BCUT2D eigenvalue weighted by Gasteiger charge is -2.13. The molecule has 1 atom stereocenters. The maximum absolute atomic E-state index is 12.1. The topological polar surface area (TPSA) is 84.1 Å². The second-order valence-electron chi connectivity index (χ2n) is 4.74. The number of amides is 1. The first-order valence-electron chi connectivity index (χ1n) is 6.45. The van der Waals surface area contributed by atoms with Crippen molar-refractivity contribution in [3.8, 4) is 0 Å². The predicted molar refractivity (Wildman–Crippen MR) is 70.9 cm³/mol. The number of hydrogen-bond donors (Lipinski definition) is 2. The minimum absolute atomic E-state index is 0.161. The van der Waals surface area contributed by atoms with Gasteiger partial charge in [0.25, 0.3) is 5.91 Å². The van der Waals surface area contributed by atoms with Gasteiger partial charge in [-0.1, -0.05) is 13.8 Å². The Morgan fingerprint density at radius 1 is 1.42 bits per heavy atom. The number of aromatic amines is 1. The van der Waals surface area contributed by atoms with Gasteiger partial charge in [-0.25, -0.2) is 0 Å². The van der Waals surface area contributed by atoms with Crippen LogP contribution < -0.4 is 5.32 Å². The van der Waals surface area contributed by atoms with Gasteiger partial charge in [0.15, 0.2) is 0 Å². The number of carbonyl (C=O) groups excluding carboxylic acids is 2. The van der Waals surface area contributed by atoms with Crippen LogP contribution in [-0.2, 0) is 9.53 Å². The fourth-order valence-corrected chi connectivity index (χ4v) is 1.74. The molecule has 0 aliphatic carbocycles. The van der Waals surface area contributed by atoms with Crippen LogP contribution in [0.15, 0.2) is 6.20 Å². The molecule has 1 amide bonds. The predicted octanol–water partition coefficient (Wildman–Crippen LogP) is 1.60. The second-order valence-corrected chi connectivity index (χ2v) is 4.74. The van der Waals surface area contributed by atoms with Crippen LogP contribution in [-0.4, -0.2) is 34.7 Å².